The average molecular weight is 217 g/mol. The lowest BCUT2D eigenvalue weighted by Crippen LogP contribution is -2.02. The summed E-state index contributed by atoms with van der Waals surface area (Å²) in [5, 5.41) is 10.2. The van der Waals surface area contributed by atoms with Crippen LogP contribution in [0, 0.1) is 6.92 Å². The summed E-state index contributed by atoms with van der Waals surface area (Å²) >= 11 is 0. The van der Waals surface area contributed by atoms with Crippen molar-refractivity contribution >= 4 is 16.9 Å². The highest BCUT2D eigenvalue weighted by atomic mass is 16.5. The molecule has 1 aromatic carbocycles. The molecule has 0 aliphatic rings. The predicted octanol–water partition coefficient (Wildman–Crippen LogP) is 2.17. The number of nitrogens with zero attached hydrogens (tertiary/aromatic N) is 1. The van der Waals surface area contributed by atoms with E-state index in [2.05, 4.69) is 4.98 Å². The van der Waals surface area contributed by atoms with Crippen LogP contribution in [0.4, 0.5) is 0 Å². The normalized spacial score (nSPS) is 10.4. The summed E-state index contributed by atoms with van der Waals surface area (Å²) in [6, 6.07) is 6.56. The Morgan fingerprint density at radius 1 is 1.31 bits per heavy atom. The van der Waals surface area contributed by atoms with E-state index in [9.17, 15) is 9.90 Å². The number of aromatic nitrogens is 1. The van der Waals surface area contributed by atoms with Gasteiger partial charge in [0.2, 0.25) is 0 Å². The third-order valence-corrected chi connectivity index (χ3v) is 2.19. The van der Waals surface area contributed by atoms with E-state index in [0.29, 0.717) is 16.7 Å². The highest BCUT2D eigenvalue weighted by molar-refractivity contribution is 5.91. The highest BCUT2D eigenvalue weighted by Crippen LogP contribution is 2.31. The Morgan fingerprint density at radius 2 is 2.06 bits per heavy atom. The third-order valence-electron chi connectivity index (χ3n) is 2.19. The molecule has 0 saturated carbocycles. The van der Waals surface area contributed by atoms with Gasteiger partial charge in [-0.15, -0.1) is 0 Å². The van der Waals surface area contributed by atoms with Crippen molar-refractivity contribution in [3.05, 3.63) is 30.0 Å². The smallest absolute Gasteiger partial charge is 0.308 e. The van der Waals surface area contributed by atoms with E-state index in [4.69, 9.17) is 4.74 Å². The van der Waals surface area contributed by atoms with E-state index in [1.54, 1.807) is 12.1 Å². The number of aromatic hydroxyl groups is 1. The molecule has 1 aromatic heterocycles. The van der Waals surface area contributed by atoms with Crippen LogP contribution in [0.3, 0.4) is 0 Å². The number of phenolic OH excluding ortho intramolecular Hbond substituents is 1. The summed E-state index contributed by atoms with van der Waals surface area (Å²) < 4.78 is 5.02. The number of carbonyl (C=O) groups excluding carboxylic acids is 1. The van der Waals surface area contributed by atoms with Gasteiger partial charge >= 0.3 is 5.97 Å². The second kappa shape index (κ2) is 3.81. The lowest BCUT2D eigenvalue weighted by atomic mass is 10.1. The third kappa shape index (κ3) is 1.82. The summed E-state index contributed by atoms with van der Waals surface area (Å²) in [6.45, 7) is 3.16. The summed E-state index contributed by atoms with van der Waals surface area (Å²) in [4.78, 5) is 15.2. The molecule has 0 atom stereocenters. The van der Waals surface area contributed by atoms with Gasteiger partial charge in [0, 0.05) is 18.0 Å². The zero-order valence-electron chi connectivity index (χ0n) is 9.02. The minimum Gasteiger partial charge on any atom is -0.507 e. The minimum atomic E-state index is -0.407. The SMILES string of the molecule is CC(=O)Oc1ccc(O)c2ccc(C)nc12. The molecular weight excluding hydrogens is 206 g/mol. The molecule has 2 aromatic rings. The number of phenols is 1. The number of esters is 1. The second-order valence-electron chi connectivity index (χ2n) is 3.53. The number of carbonyl (C=O) groups is 1. The van der Waals surface area contributed by atoms with Crippen molar-refractivity contribution < 1.29 is 14.6 Å². The zero-order valence-corrected chi connectivity index (χ0v) is 9.02. The Balaban J connectivity index is 2.70. The molecule has 0 unspecified atom stereocenters. The maximum absolute atomic E-state index is 10.9. The molecule has 0 spiro atoms. The fourth-order valence-electron chi connectivity index (χ4n) is 1.51. The van der Waals surface area contributed by atoms with Crippen molar-refractivity contribution in [3.63, 3.8) is 0 Å². The first kappa shape index (κ1) is 10.4. The topological polar surface area (TPSA) is 59.4 Å². The Morgan fingerprint density at radius 3 is 2.75 bits per heavy atom. The molecule has 0 aliphatic carbocycles. The van der Waals surface area contributed by atoms with E-state index in [0.717, 1.165) is 5.69 Å². The Kier molecular flexibility index (Phi) is 2.48. The average Bonchev–Trinajstić information content (AvgIpc) is 2.22. The van der Waals surface area contributed by atoms with Crippen LogP contribution >= 0.6 is 0 Å². The molecule has 0 fully saturated rings. The number of hydrogen-bond acceptors (Lipinski definition) is 4. The molecule has 0 radical (unpaired) electrons. The molecular formula is C12H11NO3. The number of hydrogen-bond donors (Lipinski definition) is 1. The van der Waals surface area contributed by atoms with Crippen molar-refractivity contribution in [3.8, 4) is 11.5 Å². The number of pyridine rings is 1. The van der Waals surface area contributed by atoms with Gasteiger partial charge in [0.25, 0.3) is 0 Å². The number of rotatable bonds is 1. The molecule has 1 N–H and O–H groups in total. The number of ether oxygens (including phenoxy) is 1. The van der Waals surface area contributed by atoms with Gasteiger partial charge in [-0.3, -0.25) is 4.79 Å². The maximum atomic E-state index is 10.9. The molecule has 0 aliphatic heterocycles. The first-order valence-electron chi connectivity index (χ1n) is 4.85. The molecule has 0 amide bonds. The molecule has 0 bridgehead atoms. The number of fused-ring (bicyclic) bond motifs is 1. The van der Waals surface area contributed by atoms with Gasteiger partial charge in [0.1, 0.15) is 11.3 Å². The van der Waals surface area contributed by atoms with E-state index in [1.165, 1.54) is 19.1 Å². The van der Waals surface area contributed by atoms with Gasteiger partial charge in [0.15, 0.2) is 5.75 Å². The molecule has 2 rings (SSSR count). The van der Waals surface area contributed by atoms with Crippen LogP contribution in [-0.4, -0.2) is 16.1 Å². The van der Waals surface area contributed by atoms with E-state index in [-0.39, 0.29) is 5.75 Å². The van der Waals surface area contributed by atoms with Gasteiger partial charge in [0.05, 0.1) is 0 Å². The van der Waals surface area contributed by atoms with E-state index >= 15 is 0 Å². The van der Waals surface area contributed by atoms with E-state index in [1.807, 2.05) is 6.92 Å². The molecule has 4 heteroatoms. The summed E-state index contributed by atoms with van der Waals surface area (Å²) in [5.41, 5.74) is 1.29. The van der Waals surface area contributed by atoms with Crippen molar-refractivity contribution in [2.75, 3.05) is 0 Å². The summed E-state index contributed by atoms with van der Waals surface area (Å²) in [7, 11) is 0. The largest absolute Gasteiger partial charge is 0.507 e. The van der Waals surface area contributed by atoms with Crippen LogP contribution in [0.2, 0.25) is 0 Å². The van der Waals surface area contributed by atoms with Gasteiger partial charge in [-0.2, -0.15) is 0 Å². The van der Waals surface area contributed by atoms with E-state index < -0.39 is 5.97 Å². The van der Waals surface area contributed by atoms with Crippen molar-refractivity contribution in [1.82, 2.24) is 4.98 Å². The van der Waals surface area contributed by atoms with Crippen LogP contribution in [0.25, 0.3) is 10.9 Å². The maximum Gasteiger partial charge on any atom is 0.308 e. The molecule has 82 valence electrons. The monoisotopic (exact) mass is 217 g/mol. The lowest BCUT2D eigenvalue weighted by Gasteiger charge is -2.07. The molecule has 4 nitrogen and oxygen atoms in total. The Bertz CT molecular complexity index is 563. The van der Waals surface area contributed by atoms with Gasteiger partial charge in [-0.05, 0) is 31.2 Å². The fraction of sp³-hybridized carbons (Fsp3) is 0.167. The van der Waals surface area contributed by atoms with Gasteiger partial charge in [-0.25, -0.2) is 4.98 Å². The predicted molar refractivity (Wildman–Crippen MR) is 59.5 cm³/mol. The highest BCUT2D eigenvalue weighted by Gasteiger charge is 2.09. The van der Waals surface area contributed by atoms with Gasteiger partial charge < -0.3 is 9.84 Å². The molecule has 16 heavy (non-hydrogen) atoms. The minimum absolute atomic E-state index is 0.124. The Hall–Kier alpha value is -2.10. The van der Waals surface area contributed by atoms with Crippen LogP contribution in [0.15, 0.2) is 24.3 Å². The molecule has 0 saturated heterocycles. The summed E-state index contributed by atoms with van der Waals surface area (Å²) in [6.07, 6.45) is 0. The van der Waals surface area contributed by atoms with Crippen LogP contribution in [-0.2, 0) is 4.79 Å². The summed E-state index contributed by atoms with van der Waals surface area (Å²) in [5.74, 6) is 0.0812. The molecule has 1 heterocycles. The lowest BCUT2D eigenvalue weighted by molar-refractivity contribution is -0.131. The zero-order chi connectivity index (χ0) is 11.7. The quantitative estimate of drug-likeness (QED) is 0.587. The van der Waals surface area contributed by atoms with Crippen molar-refractivity contribution in [1.29, 1.82) is 0 Å². The number of benzene rings is 1. The standard InChI is InChI=1S/C12H11NO3/c1-7-3-4-9-10(15)5-6-11(12(9)13-7)16-8(2)14/h3-6,15H,1-2H3. The second-order valence-corrected chi connectivity index (χ2v) is 3.53. The van der Waals surface area contributed by atoms with Gasteiger partial charge in [-0.1, -0.05) is 0 Å². The van der Waals surface area contributed by atoms with Crippen molar-refractivity contribution in [2.24, 2.45) is 0 Å². The number of aryl methyl sites for hydroxylation is 1. The first-order valence-corrected chi connectivity index (χ1v) is 4.85. The van der Waals surface area contributed by atoms with Crippen molar-refractivity contribution in [2.45, 2.75) is 13.8 Å². The van der Waals surface area contributed by atoms with Crippen LogP contribution < -0.4 is 4.74 Å². The first-order chi connectivity index (χ1) is 7.58. The van der Waals surface area contributed by atoms with Crippen LogP contribution in [0.1, 0.15) is 12.6 Å². The Labute approximate surface area is 92.5 Å². The fourth-order valence-corrected chi connectivity index (χ4v) is 1.51. The van der Waals surface area contributed by atoms with Crippen LogP contribution in [0.5, 0.6) is 11.5 Å².